The number of aliphatic hydroxyl groups excluding tert-OH is 1. The first kappa shape index (κ1) is 33.5. The minimum atomic E-state index is -0.747. The van der Waals surface area contributed by atoms with Crippen molar-refractivity contribution in [3.63, 3.8) is 0 Å². The van der Waals surface area contributed by atoms with Gasteiger partial charge in [0.05, 0.1) is 0 Å². The summed E-state index contributed by atoms with van der Waals surface area (Å²) in [5, 5.41) is 106. The highest BCUT2D eigenvalue weighted by molar-refractivity contribution is 5.72. The summed E-state index contributed by atoms with van der Waals surface area (Å²) in [4.78, 5) is 0. The van der Waals surface area contributed by atoms with Crippen LogP contribution in [0.25, 0.3) is 6.08 Å². The second-order valence-electron chi connectivity index (χ2n) is 12.3. The van der Waals surface area contributed by atoms with Gasteiger partial charge in [-0.25, -0.2) is 0 Å². The molecule has 0 fully saturated rings. The number of phenolic OH excluding ortho intramolecular Hbond substituents is 9. The highest BCUT2D eigenvalue weighted by atomic mass is 16.3. The summed E-state index contributed by atoms with van der Waals surface area (Å²) in [6, 6.07) is 9.24. The highest BCUT2D eigenvalue weighted by Gasteiger charge is 2.23. The van der Waals surface area contributed by atoms with Gasteiger partial charge >= 0.3 is 0 Å². The summed E-state index contributed by atoms with van der Waals surface area (Å²) in [6.45, 7) is 6.92. The predicted molar refractivity (Wildman–Crippen MR) is 180 cm³/mol. The number of rotatable bonds is 7. The zero-order valence-corrected chi connectivity index (χ0v) is 26.9. The van der Waals surface area contributed by atoms with E-state index in [0.717, 1.165) is 11.1 Å². The predicted octanol–water partition coefficient (Wildman–Crippen LogP) is 6.99. The molecule has 5 rings (SSSR count). The lowest BCUT2D eigenvalue weighted by molar-refractivity contribution is 0.363. The number of aliphatic hydroxyl groups is 1. The lowest BCUT2D eigenvalue weighted by Gasteiger charge is -2.18. The van der Waals surface area contributed by atoms with E-state index in [4.69, 9.17) is 0 Å². The monoisotopic (exact) mass is 654 g/mol. The zero-order chi connectivity index (χ0) is 35.2. The quantitative estimate of drug-likeness (QED) is 0.0925. The van der Waals surface area contributed by atoms with E-state index < -0.39 is 34.5 Å². The average molecular weight is 655 g/mol. The summed E-state index contributed by atoms with van der Waals surface area (Å²) < 4.78 is 0. The molecule has 0 saturated heterocycles. The average Bonchev–Trinajstić information content (AvgIpc) is 3.05. The lowest BCUT2D eigenvalue weighted by Crippen LogP contribution is -2.00. The van der Waals surface area contributed by atoms with Gasteiger partial charge in [-0.05, 0) is 97.4 Å². The minimum absolute atomic E-state index is 0.0460. The first-order valence-corrected chi connectivity index (χ1v) is 15.2. The Labute approximate surface area is 277 Å². The zero-order valence-electron chi connectivity index (χ0n) is 26.9. The maximum absolute atomic E-state index is 11.4. The van der Waals surface area contributed by atoms with Crippen LogP contribution in [-0.2, 0) is 19.3 Å². The van der Waals surface area contributed by atoms with Gasteiger partial charge in [-0.2, -0.15) is 0 Å². The summed E-state index contributed by atoms with van der Waals surface area (Å²) >= 11 is 0. The third-order valence-electron chi connectivity index (χ3n) is 9.01. The number of hydrogen-bond donors (Lipinski definition) is 10. The molecule has 4 aromatic rings. The molecule has 250 valence electrons. The van der Waals surface area contributed by atoms with Crippen LogP contribution in [0.4, 0.5) is 0 Å². The molecule has 10 nitrogen and oxygen atoms in total. The summed E-state index contributed by atoms with van der Waals surface area (Å²) in [5.41, 5.74) is 5.27. The van der Waals surface area contributed by atoms with E-state index in [-0.39, 0.29) is 64.5 Å². The molecular formula is C38H38O10. The Morgan fingerprint density at radius 2 is 1.02 bits per heavy atom. The molecular weight excluding hydrogens is 616 g/mol. The van der Waals surface area contributed by atoms with Crippen LogP contribution in [0.3, 0.4) is 0 Å². The Morgan fingerprint density at radius 3 is 1.60 bits per heavy atom. The van der Waals surface area contributed by atoms with Gasteiger partial charge < -0.3 is 51.1 Å². The fourth-order valence-corrected chi connectivity index (χ4v) is 6.06. The molecule has 0 aromatic heterocycles. The first-order valence-electron chi connectivity index (χ1n) is 15.2. The van der Waals surface area contributed by atoms with Gasteiger partial charge in [-0.3, -0.25) is 0 Å². The molecule has 1 aliphatic rings. The highest BCUT2D eigenvalue weighted by Crippen LogP contribution is 2.46. The van der Waals surface area contributed by atoms with Crippen LogP contribution in [0.1, 0.15) is 70.3 Å². The smallest absolute Gasteiger partial charge is 0.201 e. The van der Waals surface area contributed by atoms with Crippen LogP contribution in [0.5, 0.6) is 51.7 Å². The van der Waals surface area contributed by atoms with Crippen molar-refractivity contribution in [2.24, 2.45) is 0 Å². The molecule has 0 aliphatic heterocycles. The molecule has 0 radical (unpaired) electrons. The van der Waals surface area contributed by atoms with Crippen molar-refractivity contribution in [2.45, 2.75) is 53.4 Å². The maximum atomic E-state index is 11.4. The molecule has 0 heterocycles. The van der Waals surface area contributed by atoms with Crippen molar-refractivity contribution in [1.82, 2.24) is 0 Å². The number of aryl methyl sites for hydroxylation is 1. The van der Waals surface area contributed by atoms with E-state index >= 15 is 0 Å². The van der Waals surface area contributed by atoms with Crippen LogP contribution in [0.2, 0.25) is 0 Å². The largest absolute Gasteiger partial charge is 0.507 e. The van der Waals surface area contributed by atoms with Gasteiger partial charge in [-0.1, -0.05) is 29.8 Å². The Balaban J connectivity index is 1.51. The van der Waals surface area contributed by atoms with Crippen LogP contribution in [0, 0.1) is 13.8 Å². The van der Waals surface area contributed by atoms with Gasteiger partial charge in [-0.15, -0.1) is 0 Å². The SMILES string of the molecule is CC1=CC/C(=C\c2cc(Cc3cc(C)cc(Cc4cc(Cc5ccc(O)c(O)c5C)c(O)c(O)c4O)c3O)c(O)c(O)c2O)C(C)=C1O. The van der Waals surface area contributed by atoms with Gasteiger partial charge in [0, 0.05) is 41.5 Å². The molecule has 1 aliphatic carbocycles. The molecule has 0 amide bonds. The topological polar surface area (TPSA) is 202 Å². The maximum Gasteiger partial charge on any atom is 0.201 e. The fourth-order valence-electron chi connectivity index (χ4n) is 6.06. The van der Waals surface area contributed by atoms with E-state index in [0.29, 0.717) is 39.8 Å². The van der Waals surface area contributed by atoms with Crippen LogP contribution in [-0.4, -0.2) is 51.1 Å². The molecule has 10 N–H and O–H groups in total. The molecule has 10 heteroatoms. The van der Waals surface area contributed by atoms with Crippen molar-refractivity contribution in [2.75, 3.05) is 0 Å². The third kappa shape index (κ3) is 6.12. The Kier molecular flexibility index (Phi) is 8.86. The van der Waals surface area contributed by atoms with E-state index in [1.807, 2.05) is 6.08 Å². The normalized spacial score (nSPS) is 14.1. The Bertz CT molecular complexity index is 2070. The van der Waals surface area contributed by atoms with Crippen molar-refractivity contribution < 1.29 is 51.1 Å². The number of aromatic hydroxyl groups is 9. The number of allylic oxidation sites excluding steroid dienone is 4. The van der Waals surface area contributed by atoms with Gasteiger partial charge in [0.1, 0.15) is 11.5 Å². The summed E-state index contributed by atoms with van der Waals surface area (Å²) in [5.74, 6) is -4.35. The van der Waals surface area contributed by atoms with E-state index in [1.54, 1.807) is 52.0 Å². The van der Waals surface area contributed by atoms with Crippen molar-refractivity contribution in [1.29, 1.82) is 0 Å². The Morgan fingerprint density at radius 1 is 0.521 bits per heavy atom. The first-order chi connectivity index (χ1) is 22.6. The third-order valence-corrected chi connectivity index (χ3v) is 9.01. The molecule has 0 atom stereocenters. The van der Waals surface area contributed by atoms with Crippen molar-refractivity contribution >= 4 is 6.08 Å². The number of phenols is 9. The molecule has 0 unspecified atom stereocenters. The van der Waals surface area contributed by atoms with E-state index in [1.165, 1.54) is 18.2 Å². The van der Waals surface area contributed by atoms with Gasteiger partial charge in [0.2, 0.25) is 11.5 Å². The lowest BCUT2D eigenvalue weighted by atomic mass is 9.90. The van der Waals surface area contributed by atoms with Crippen molar-refractivity contribution in [3.8, 4) is 51.7 Å². The van der Waals surface area contributed by atoms with E-state index in [9.17, 15) is 51.1 Å². The second-order valence-corrected chi connectivity index (χ2v) is 12.3. The summed E-state index contributed by atoms with van der Waals surface area (Å²) in [7, 11) is 0. The van der Waals surface area contributed by atoms with Crippen LogP contribution >= 0.6 is 0 Å². The number of hydrogen-bond acceptors (Lipinski definition) is 10. The second kappa shape index (κ2) is 12.7. The van der Waals surface area contributed by atoms with Crippen LogP contribution in [0.15, 0.2) is 65.0 Å². The molecule has 0 bridgehead atoms. The minimum Gasteiger partial charge on any atom is -0.507 e. The number of benzene rings is 4. The molecule has 4 aromatic carbocycles. The van der Waals surface area contributed by atoms with Gasteiger partial charge in [0.15, 0.2) is 34.5 Å². The summed E-state index contributed by atoms with van der Waals surface area (Å²) in [6.07, 6.45) is 3.86. The molecule has 48 heavy (non-hydrogen) atoms. The van der Waals surface area contributed by atoms with Crippen molar-refractivity contribution in [3.05, 3.63) is 115 Å². The Hall–Kier alpha value is -5.90. The molecule has 0 spiro atoms. The molecule has 0 saturated carbocycles. The standard InChI is InChI=1S/C38H38O10/c1-17-9-23(13-27-15-25(33(43)37(47)35(27)45)11-21-6-5-18(2)30(40)19(21)3)32(42)24(10-17)14-28-16-26(34(44)38(48)36(28)46)12-22-7-8-29(39)31(41)20(22)4/h5,7-11,15-16,39-48H,6,12-14H2,1-4H3/b21-11+. The fraction of sp³-hybridized carbons (Fsp3) is 0.211. The van der Waals surface area contributed by atoms with Gasteiger partial charge in [0.25, 0.3) is 0 Å². The van der Waals surface area contributed by atoms with Crippen LogP contribution < -0.4 is 0 Å². The van der Waals surface area contributed by atoms with E-state index in [2.05, 4.69) is 0 Å².